The monoisotopic (exact) mass is 470 g/mol. The SMILES string of the molecule is COc1cccc(F)c1N1NC2C(CC1=O)NNC2c1ccc(N2CCN(C)C(CO)C2)cc1. The number of carbonyl (C=O) groups excluding carboxylic acids is 1. The second kappa shape index (κ2) is 9.47. The van der Waals surface area contributed by atoms with Crippen LogP contribution in [0.5, 0.6) is 5.75 Å². The summed E-state index contributed by atoms with van der Waals surface area (Å²) < 4.78 is 20.0. The summed E-state index contributed by atoms with van der Waals surface area (Å²) in [6.07, 6.45) is 0.223. The number of rotatable bonds is 5. The van der Waals surface area contributed by atoms with Crippen LogP contribution in [0.1, 0.15) is 18.0 Å². The summed E-state index contributed by atoms with van der Waals surface area (Å²) >= 11 is 0. The Morgan fingerprint density at radius 1 is 1.15 bits per heavy atom. The van der Waals surface area contributed by atoms with E-state index in [4.69, 9.17) is 4.74 Å². The number of aliphatic hydroxyl groups excluding tert-OH is 1. The van der Waals surface area contributed by atoms with Crippen molar-refractivity contribution in [1.29, 1.82) is 0 Å². The molecule has 34 heavy (non-hydrogen) atoms. The molecule has 4 N–H and O–H groups in total. The maximum atomic E-state index is 14.7. The van der Waals surface area contributed by atoms with Gasteiger partial charge in [0.15, 0.2) is 5.82 Å². The number of hydrazine groups is 2. The van der Waals surface area contributed by atoms with Gasteiger partial charge in [-0.2, -0.15) is 0 Å². The van der Waals surface area contributed by atoms with Crippen LogP contribution in [0.2, 0.25) is 0 Å². The number of nitrogens with one attached hydrogen (secondary N) is 3. The van der Waals surface area contributed by atoms with E-state index in [0.717, 1.165) is 30.9 Å². The number of para-hydroxylation sites is 1. The molecule has 2 aromatic rings. The number of amides is 1. The van der Waals surface area contributed by atoms with E-state index in [1.165, 1.54) is 18.2 Å². The zero-order chi connectivity index (χ0) is 23.8. The second-order valence-electron chi connectivity index (χ2n) is 9.11. The van der Waals surface area contributed by atoms with Gasteiger partial charge in [-0.25, -0.2) is 20.3 Å². The molecule has 3 fully saturated rings. The van der Waals surface area contributed by atoms with Crippen LogP contribution in [-0.4, -0.2) is 74.4 Å². The third-order valence-corrected chi connectivity index (χ3v) is 7.14. The number of nitrogens with zero attached hydrogens (tertiary/aromatic N) is 3. The maximum absolute atomic E-state index is 14.7. The minimum absolute atomic E-state index is 0.1000. The lowest BCUT2D eigenvalue weighted by Crippen LogP contribution is -2.60. The number of hydrogen-bond acceptors (Lipinski definition) is 8. The number of hydrogen-bond donors (Lipinski definition) is 4. The second-order valence-corrected chi connectivity index (χ2v) is 9.11. The fourth-order valence-electron chi connectivity index (χ4n) is 5.08. The highest BCUT2D eigenvalue weighted by Crippen LogP contribution is 2.35. The fraction of sp³-hybridized carbons (Fsp3) is 0.458. The highest BCUT2D eigenvalue weighted by atomic mass is 19.1. The summed E-state index contributed by atoms with van der Waals surface area (Å²) in [6.45, 7) is 2.73. The van der Waals surface area contributed by atoms with Crippen LogP contribution in [0.3, 0.4) is 0 Å². The first kappa shape index (κ1) is 23.0. The molecule has 3 aliphatic heterocycles. The summed E-state index contributed by atoms with van der Waals surface area (Å²) in [5.74, 6) is -0.456. The lowest BCUT2D eigenvalue weighted by molar-refractivity contribution is -0.121. The number of methoxy groups -OCH3 is 1. The lowest BCUT2D eigenvalue weighted by atomic mass is 9.93. The van der Waals surface area contributed by atoms with Gasteiger partial charge in [-0.1, -0.05) is 18.2 Å². The molecule has 0 bridgehead atoms. The number of ether oxygens (including phenoxy) is 1. The molecule has 0 aromatic heterocycles. The molecule has 4 atom stereocenters. The number of fused-ring (bicyclic) bond motifs is 1. The largest absolute Gasteiger partial charge is 0.494 e. The van der Waals surface area contributed by atoms with Gasteiger partial charge in [0.25, 0.3) is 0 Å². The molecule has 1 amide bonds. The number of carbonyl (C=O) groups is 1. The highest BCUT2D eigenvalue weighted by molar-refractivity contribution is 5.95. The average Bonchev–Trinajstić information content (AvgIpc) is 3.26. The fourth-order valence-corrected chi connectivity index (χ4v) is 5.08. The van der Waals surface area contributed by atoms with E-state index in [9.17, 15) is 14.3 Å². The van der Waals surface area contributed by atoms with Crippen LogP contribution < -0.4 is 30.9 Å². The minimum atomic E-state index is -0.521. The first-order chi connectivity index (χ1) is 16.5. The third-order valence-electron chi connectivity index (χ3n) is 7.14. The summed E-state index contributed by atoms with van der Waals surface area (Å²) in [6, 6.07) is 12.6. The Balaban J connectivity index is 1.34. The smallest absolute Gasteiger partial charge is 0.243 e. The van der Waals surface area contributed by atoms with E-state index >= 15 is 0 Å². The molecule has 0 aliphatic carbocycles. The molecular formula is C24H31FN6O3. The van der Waals surface area contributed by atoms with Crippen molar-refractivity contribution in [2.45, 2.75) is 30.6 Å². The maximum Gasteiger partial charge on any atom is 0.243 e. The molecule has 10 heteroatoms. The molecule has 182 valence electrons. The quantitative estimate of drug-likeness (QED) is 0.510. The van der Waals surface area contributed by atoms with Crippen LogP contribution in [0.4, 0.5) is 15.8 Å². The molecule has 9 nitrogen and oxygen atoms in total. The van der Waals surface area contributed by atoms with Crippen LogP contribution in [0, 0.1) is 5.82 Å². The van der Waals surface area contributed by atoms with Crippen molar-refractivity contribution in [1.82, 2.24) is 21.2 Å². The van der Waals surface area contributed by atoms with E-state index in [-0.39, 0.29) is 48.8 Å². The van der Waals surface area contributed by atoms with Crippen LogP contribution in [0.25, 0.3) is 0 Å². The van der Waals surface area contributed by atoms with E-state index in [1.54, 1.807) is 12.1 Å². The minimum Gasteiger partial charge on any atom is -0.494 e. The van der Waals surface area contributed by atoms with Gasteiger partial charge in [-0.05, 0) is 36.9 Å². The zero-order valence-corrected chi connectivity index (χ0v) is 19.4. The summed E-state index contributed by atoms with van der Waals surface area (Å²) in [5, 5.41) is 10.9. The van der Waals surface area contributed by atoms with Crippen molar-refractivity contribution in [3.63, 3.8) is 0 Å². The normalized spacial score (nSPS) is 27.7. The van der Waals surface area contributed by atoms with E-state index < -0.39 is 5.82 Å². The Bertz CT molecular complexity index is 1040. The summed E-state index contributed by atoms with van der Waals surface area (Å²) in [5.41, 5.74) is 12.0. The van der Waals surface area contributed by atoms with Gasteiger partial charge in [-0.15, -0.1) is 0 Å². The Kier molecular flexibility index (Phi) is 6.41. The molecule has 0 saturated carbocycles. The van der Waals surface area contributed by atoms with Crippen LogP contribution in [-0.2, 0) is 4.79 Å². The van der Waals surface area contributed by atoms with Gasteiger partial charge in [0.05, 0.1) is 31.8 Å². The molecule has 3 aliphatic rings. The molecular weight excluding hydrogens is 439 g/mol. The first-order valence-corrected chi connectivity index (χ1v) is 11.6. The van der Waals surface area contributed by atoms with Crippen molar-refractivity contribution < 1.29 is 19.0 Å². The molecule has 5 rings (SSSR count). The van der Waals surface area contributed by atoms with Crippen molar-refractivity contribution in [2.75, 3.05) is 50.3 Å². The van der Waals surface area contributed by atoms with Crippen LogP contribution in [0.15, 0.2) is 42.5 Å². The molecule has 0 radical (unpaired) electrons. The number of benzene rings is 2. The Morgan fingerprint density at radius 2 is 1.94 bits per heavy atom. The predicted molar refractivity (Wildman–Crippen MR) is 127 cm³/mol. The lowest BCUT2D eigenvalue weighted by Gasteiger charge is -2.40. The van der Waals surface area contributed by atoms with E-state index in [1.807, 2.05) is 7.05 Å². The number of aliphatic hydroxyl groups is 1. The Hall–Kier alpha value is -2.76. The molecule has 3 saturated heterocycles. The van der Waals surface area contributed by atoms with Gasteiger partial charge in [0.1, 0.15) is 11.4 Å². The third kappa shape index (κ3) is 4.12. The van der Waals surface area contributed by atoms with Crippen LogP contribution >= 0.6 is 0 Å². The Labute approximate surface area is 198 Å². The van der Waals surface area contributed by atoms with E-state index in [0.29, 0.717) is 5.75 Å². The van der Waals surface area contributed by atoms with Gasteiger partial charge in [0.2, 0.25) is 5.91 Å². The van der Waals surface area contributed by atoms with Gasteiger partial charge >= 0.3 is 0 Å². The first-order valence-electron chi connectivity index (χ1n) is 11.6. The molecule has 3 heterocycles. The number of halogens is 1. The number of anilines is 2. The van der Waals surface area contributed by atoms with Crippen molar-refractivity contribution >= 4 is 17.3 Å². The van der Waals surface area contributed by atoms with Gasteiger partial charge < -0.3 is 14.7 Å². The summed E-state index contributed by atoms with van der Waals surface area (Å²) in [7, 11) is 3.50. The topological polar surface area (TPSA) is 92.3 Å². The average molecular weight is 471 g/mol. The van der Waals surface area contributed by atoms with Gasteiger partial charge in [0, 0.05) is 37.8 Å². The van der Waals surface area contributed by atoms with Crippen molar-refractivity contribution in [3.8, 4) is 5.75 Å². The summed E-state index contributed by atoms with van der Waals surface area (Å²) in [4.78, 5) is 17.3. The Morgan fingerprint density at radius 3 is 2.68 bits per heavy atom. The van der Waals surface area contributed by atoms with E-state index in [2.05, 4.69) is 50.3 Å². The molecule has 0 spiro atoms. The van der Waals surface area contributed by atoms with Crippen molar-refractivity contribution in [2.24, 2.45) is 0 Å². The van der Waals surface area contributed by atoms with Crippen molar-refractivity contribution in [3.05, 3.63) is 53.8 Å². The predicted octanol–water partition coefficient (Wildman–Crippen LogP) is 0.775. The molecule has 2 aromatic carbocycles. The number of piperazine rings is 1. The molecule has 4 unspecified atom stereocenters. The van der Waals surface area contributed by atoms with Gasteiger partial charge in [-0.3, -0.25) is 15.1 Å². The highest BCUT2D eigenvalue weighted by Gasteiger charge is 2.45. The number of likely N-dealkylation sites (N-methyl/N-ethyl adjacent to an activating group) is 1. The zero-order valence-electron chi connectivity index (χ0n) is 19.4. The standard InChI is InChI=1S/C24H31FN6O3/c1-29-10-11-30(13-17(29)14-32)16-8-6-15(7-9-16)22-23-19(26-27-22)12-21(33)31(28-23)24-18(25)4-3-5-20(24)34-2/h3-9,17,19,22-23,26-28,32H,10-14H2,1-2H3.